The predicted molar refractivity (Wildman–Crippen MR) is 73.5 cm³/mol. The van der Waals surface area contributed by atoms with Crippen LogP contribution in [0.3, 0.4) is 0 Å². The van der Waals surface area contributed by atoms with Crippen LogP contribution < -0.4 is 16.4 Å². The molecule has 19 heavy (non-hydrogen) atoms. The molecule has 0 saturated carbocycles. The van der Waals surface area contributed by atoms with E-state index in [1.54, 1.807) is 6.07 Å². The van der Waals surface area contributed by atoms with Gasteiger partial charge in [-0.3, -0.25) is 10.4 Å². The van der Waals surface area contributed by atoms with Crippen LogP contribution in [0.25, 0.3) is 0 Å². The number of amides is 2. The maximum absolute atomic E-state index is 12.9. The van der Waals surface area contributed by atoms with E-state index in [1.165, 1.54) is 24.4 Å². The second-order valence-electron chi connectivity index (χ2n) is 3.61. The van der Waals surface area contributed by atoms with Gasteiger partial charge in [0.2, 0.25) is 0 Å². The molecule has 1 aromatic heterocycles. The molecular formula is C11H10FN5OS. The van der Waals surface area contributed by atoms with Crippen molar-refractivity contribution in [3.8, 4) is 0 Å². The normalized spacial score (nSPS) is 9.95. The number of aromatic nitrogens is 2. The number of hydrogen-bond donors (Lipinski definition) is 4. The fourth-order valence-electron chi connectivity index (χ4n) is 1.41. The summed E-state index contributed by atoms with van der Waals surface area (Å²) in [4.78, 5) is 11.8. The van der Waals surface area contributed by atoms with Gasteiger partial charge in [0.25, 0.3) is 0 Å². The summed E-state index contributed by atoms with van der Waals surface area (Å²) >= 11 is 4.80. The molecule has 2 rings (SSSR count). The molecule has 0 unspecified atom stereocenters. The van der Waals surface area contributed by atoms with Gasteiger partial charge < -0.3 is 11.1 Å². The van der Waals surface area contributed by atoms with Crippen LogP contribution in [-0.4, -0.2) is 21.2 Å². The summed E-state index contributed by atoms with van der Waals surface area (Å²) in [5, 5.41) is 11.2. The van der Waals surface area contributed by atoms with Crippen molar-refractivity contribution in [1.29, 1.82) is 0 Å². The van der Waals surface area contributed by atoms with E-state index in [0.29, 0.717) is 11.3 Å². The number of carbonyl (C=O) groups is 1. The number of benzene rings is 1. The third kappa shape index (κ3) is 3.26. The summed E-state index contributed by atoms with van der Waals surface area (Å²) in [6.07, 6.45) is 1.40. The predicted octanol–water partition coefficient (Wildman–Crippen LogP) is 1.83. The smallest absolute Gasteiger partial charge is 0.324 e. The standard InChI is InChI=1S/C11H10FN5OS/c12-6-2-1-3-7(4-6)15-11(18)16-10-8(9(13)19)5-14-17-10/h1-5H,(H2,13,19)(H3,14,15,16,17,18). The lowest BCUT2D eigenvalue weighted by molar-refractivity contribution is 0.262. The zero-order chi connectivity index (χ0) is 13.8. The average molecular weight is 279 g/mol. The van der Waals surface area contributed by atoms with E-state index < -0.39 is 11.8 Å². The second-order valence-corrected chi connectivity index (χ2v) is 4.05. The van der Waals surface area contributed by atoms with Crippen molar-refractivity contribution in [3.05, 3.63) is 41.8 Å². The number of urea groups is 1. The number of anilines is 2. The number of aromatic amines is 1. The number of halogens is 1. The Balaban J connectivity index is 2.05. The van der Waals surface area contributed by atoms with E-state index in [2.05, 4.69) is 20.8 Å². The van der Waals surface area contributed by atoms with E-state index in [9.17, 15) is 9.18 Å². The first-order valence-corrected chi connectivity index (χ1v) is 5.64. The maximum atomic E-state index is 12.9. The molecule has 1 heterocycles. The van der Waals surface area contributed by atoms with E-state index in [-0.39, 0.29) is 10.8 Å². The quantitative estimate of drug-likeness (QED) is 0.644. The molecule has 0 fully saturated rings. The summed E-state index contributed by atoms with van der Waals surface area (Å²) in [5.74, 6) is -0.162. The average Bonchev–Trinajstić information content (AvgIpc) is 2.76. The van der Waals surface area contributed by atoms with Crippen LogP contribution in [0.15, 0.2) is 30.5 Å². The van der Waals surface area contributed by atoms with Crippen LogP contribution in [0.4, 0.5) is 20.7 Å². The lowest BCUT2D eigenvalue weighted by Crippen LogP contribution is -2.22. The first-order valence-electron chi connectivity index (χ1n) is 5.23. The molecule has 2 aromatic rings. The van der Waals surface area contributed by atoms with Gasteiger partial charge in [-0.2, -0.15) is 5.10 Å². The second kappa shape index (κ2) is 5.44. The largest absolute Gasteiger partial charge is 0.389 e. The Morgan fingerprint density at radius 1 is 1.42 bits per heavy atom. The molecule has 0 bridgehead atoms. The molecule has 0 aliphatic rings. The summed E-state index contributed by atoms with van der Waals surface area (Å²) in [7, 11) is 0. The molecule has 1 aromatic carbocycles. The number of nitrogens with two attached hydrogens (primary N) is 1. The van der Waals surface area contributed by atoms with Crippen LogP contribution in [0.1, 0.15) is 5.56 Å². The van der Waals surface area contributed by atoms with E-state index in [1.807, 2.05) is 0 Å². The molecule has 0 saturated heterocycles. The third-order valence-electron chi connectivity index (χ3n) is 2.23. The summed E-state index contributed by atoms with van der Waals surface area (Å²) in [5.41, 5.74) is 6.21. The van der Waals surface area contributed by atoms with Gasteiger partial charge in [0, 0.05) is 5.69 Å². The van der Waals surface area contributed by atoms with Crippen LogP contribution >= 0.6 is 12.2 Å². The molecule has 0 aliphatic heterocycles. The number of thiocarbonyl (C=S) groups is 1. The van der Waals surface area contributed by atoms with Gasteiger partial charge in [-0.1, -0.05) is 18.3 Å². The highest BCUT2D eigenvalue weighted by molar-refractivity contribution is 7.80. The summed E-state index contributed by atoms with van der Waals surface area (Å²) < 4.78 is 12.9. The van der Waals surface area contributed by atoms with Gasteiger partial charge in [0.1, 0.15) is 16.6 Å². The molecule has 5 N–H and O–H groups in total. The van der Waals surface area contributed by atoms with E-state index in [4.69, 9.17) is 18.0 Å². The van der Waals surface area contributed by atoms with E-state index in [0.717, 1.165) is 0 Å². The van der Waals surface area contributed by atoms with Crippen LogP contribution in [0, 0.1) is 5.82 Å². The molecule has 2 amide bonds. The van der Waals surface area contributed by atoms with Crippen molar-refractivity contribution in [2.75, 3.05) is 10.6 Å². The van der Waals surface area contributed by atoms with Crippen molar-refractivity contribution >= 4 is 34.7 Å². The van der Waals surface area contributed by atoms with Crippen LogP contribution in [0.5, 0.6) is 0 Å². The summed E-state index contributed by atoms with van der Waals surface area (Å²) in [6, 6.07) is 4.96. The van der Waals surface area contributed by atoms with Gasteiger partial charge in [-0.05, 0) is 18.2 Å². The molecule has 0 atom stereocenters. The zero-order valence-corrected chi connectivity index (χ0v) is 10.4. The molecule has 0 radical (unpaired) electrons. The highest BCUT2D eigenvalue weighted by Crippen LogP contribution is 2.12. The van der Waals surface area contributed by atoms with Gasteiger partial charge in [-0.25, -0.2) is 9.18 Å². The Labute approximate surface area is 113 Å². The summed E-state index contributed by atoms with van der Waals surface area (Å²) in [6.45, 7) is 0. The number of nitrogens with one attached hydrogen (secondary N) is 3. The van der Waals surface area contributed by atoms with Gasteiger partial charge in [0.05, 0.1) is 11.8 Å². The first kappa shape index (κ1) is 13.0. The minimum absolute atomic E-state index is 0.106. The van der Waals surface area contributed by atoms with Crippen molar-refractivity contribution in [3.63, 3.8) is 0 Å². The van der Waals surface area contributed by atoms with E-state index >= 15 is 0 Å². The van der Waals surface area contributed by atoms with Crippen molar-refractivity contribution in [2.45, 2.75) is 0 Å². The highest BCUT2D eigenvalue weighted by Gasteiger charge is 2.11. The first-order chi connectivity index (χ1) is 9.06. The fraction of sp³-hybridized carbons (Fsp3) is 0. The Bertz CT molecular complexity index is 627. The maximum Gasteiger partial charge on any atom is 0.324 e. The Kier molecular flexibility index (Phi) is 3.71. The number of nitrogens with zero attached hydrogens (tertiary/aromatic N) is 1. The molecule has 0 spiro atoms. The topological polar surface area (TPSA) is 95.8 Å². The molecule has 0 aliphatic carbocycles. The Hall–Kier alpha value is -2.48. The molecule has 6 nitrogen and oxygen atoms in total. The number of rotatable bonds is 3. The van der Waals surface area contributed by atoms with Gasteiger partial charge >= 0.3 is 6.03 Å². The highest BCUT2D eigenvalue weighted by atomic mass is 32.1. The lowest BCUT2D eigenvalue weighted by Gasteiger charge is -2.07. The zero-order valence-electron chi connectivity index (χ0n) is 9.61. The Morgan fingerprint density at radius 2 is 2.21 bits per heavy atom. The van der Waals surface area contributed by atoms with Crippen molar-refractivity contribution in [1.82, 2.24) is 10.2 Å². The van der Waals surface area contributed by atoms with Crippen molar-refractivity contribution < 1.29 is 9.18 Å². The number of carbonyl (C=O) groups excluding carboxylic acids is 1. The van der Waals surface area contributed by atoms with Gasteiger partial charge in [0.15, 0.2) is 0 Å². The third-order valence-corrected chi connectivity index (χ3v) is 2.45. The number of H-pyrrole nitrogens is 1. The lowest BCUT2D eigenvalue weighted by atomic mass is 10.3. The van der Waals surface area contributed by atoms with Crippen LogP contribution in [-0.2, 0) is 0 Å². The van der Waals surface area contributed by atoms with Gasteiger partial charge in [-0.15, -0.1) is 0 Å². The van der Waals surface area contributed by atoms with Crippen LogP contribution in [0.2, 0.25) is 0 Å². The monoisotopic (exact) mass is 279 g/mol. The fourth-order valence-corrected chi connectivity index (χ4v) is 1.57. The minimum atomic E-state index is -0.563. The Morgan fingerprint density at radius 3 is 2.89 bits per heavy atom. The molecule has 98 valence electrons. The molecule has 8 heteroatoms. The number of hydrogen-bond acceptors (Lipinski definition) is 3. The SMILES string of the molecule is NC(=S)c1cn[nH]c1NC(=O)Nc1cccc(F)c1. The minimum Gasteiger partial charge on any atom is -0.389 e. The van der Waals surface area contributed by atoms with Crippen molar-refractivity contribution in [2.24, 2.45) is 5.73 Å². The molecular weight excluding hydrogens is 269 g/mol.